The van der Waals surface area contributed by atoms with E-state index in [9.17, 15) is 5.11 Å². The van der Waals surface area contributed by atoms with Crippen LogP contribution in [-0.2, 0) is 0 Å². The number of hydrogen-bond acceptors (Lipinski definition) is 2. The lowest BCUT2D eigenvalue weighted by Crippen LogP contribution is -2.18. The first-order valence-electron chi connectivity index (χ1n) is 6.08. The maximum Gasteiger partial charge on any atom is 0.0543 e. The topological polar surface area (TPSA) is 40.5 Å². The summed E-state index contributed by atoms with van der Waals surface area (Å²) in [7, 11) is 0. The zero-order valence-electron chi connectivity index (χ0n) is 8.86. The van der Waals surface area contributed by atoms with Crippen molar-refractivity contribution in [3.8, 4) is 0 Å². The Morgan fingerprint density at radius 2 is 2.07 bits per heavy atom. The summed E-state index contributed by atoms with van der Waals surface area (Å²) in [5, 5.41) is 18.4. The fraction of sp³-hybridized carbons (Fsp3) is 1.00. The SMILES string of the molecule is OCCCC(O)CC1CC2CCC1C2. The summed E-state index contributed by atoms with van der Waals surface area (Å²) in [6.45, 7) is 0.216. The van der Waals surface area contributed by atoms with Gasteiger partial charge in [0, 0.05) is 6.61 Å². The molecule has 2 bridgehead atoms. The molecule has 2 aliphatic rings. The maximum atomic E-state index is 9.76. The van der Waals surface area contributed by atoms with Crippen molar-refractivity contribution in [2.75, 3.05) is 6.61 Å². The lowest BCUT2D eigenvalue weighted by Gasteiger charge is -2.23. The van der Waals surface area contributed by atoms with Gasteiger partial charge in [-0.2, -0.15) is 0 Å². The molecule has 4 unspecified atom stereocenters. The van der Waals surface area contributed by atoms with Gasteiger partial charge in [0.15, 0.2) is 0 Å². The van der Waals surface area contributed by atoms with Crippen molar-refractivity contribution in [2.45, 2.75) is 51.0 Å². The van der Waals surface area contributed by atoms with Gasteiger partial charge in [-0.25, -0.2) is 0 Å². The molecule has 0 saturated heterocycles. The molecule has 2 aliphatic carbocycles. The molecule has 2 rings (SSSR count). The summed E-state index contributed by atoms with van der Waals surface area (Å²) in [5.74, 6) is 2.70. The van der Waals surface area contributed by atoms with Gasteiger partial charge in [-0.15, -0.1) is 0 Å². The molecule has 0 aliphatic heterocycles. The number of rotatable bonds is 5. The maximum absolute atomic E-state index is 9.76. The van der Waals surface area contributed by atoms with Crippen LogP contribution in [0.5, 0.6) is 0 Å². The van der Waals surface area contributed by atoms with Crippen molar-refractivity contribution in [1.29, 1.82) is 0 Å². The van der Waals surface area contributed by atoms with Crippen LogP contribution in [0.15, 0.2) is 0 Å². The molecule has 0 radical (unpaired) electrons. The monoisotopic (exact) mass is 198 g/mol. The van der Waals surface area contributed by atoms with E-state index in [1.165, 1.54) is 25.7 Å². The van der Waals surface area contributed by atoms with Crippen LogP contribution in [0.3, 0.4) is 0 Å². The third-order valence-corrected chi connectivity index (χ3v) is 4.15. The summed E-state index contributed by atoms with van der Waals surface area (Å²) in [6.07, 6.45) is 7.99. The molecular formula is C12H22O2. The highest BCUT2D eigenvalue weighted by atomic mass is 16.3. The van der Waals surface area contributed by atoms with Gasteiger partial charge in [-0.3, -0.25) is 0 Å². The van der Waals surface area contributed by atoms with Crippen LogP contribution in [0.2, 0.25) is 0 Å². The first kappa shape index (κ1) is 10.4. The van der Waals surface area contributed by atoms with Crippen molar-refractivity contribution in [3.05, 3.63) is 0 Å². The molecule has 0 aromatic carbocycles. The van der Waals surface area contributed by atoms with Crippen molar-refractivity contribution >= 4 is 0 Å². The third kappa shape index (κ3) is 2.29. The van der Waals surface area contributed by atoms with Crippen molar-refractivity contribution in [2.24, 2.45) is 17.8 Å². The van der Waals surface area contributed by atoms with Gasteiger partial charge in [0.25, 0.3) is 0 Å². The van der Waals surface area contributed by atoms with Crippen LogP contribution in [-0.4, -0.2) is 22.9 Å². The van der Waals surface area contributed by atoms with Gasteiger partial charge in [-0.05, 0) is 56.3 Å². The smallest absolute Gasteiger partial charge is 0.0543 e. The average molecular weight is 198 g/mol. The molecule has 4 atom stereocenters. The fourth-order valence-corrected chi connectivity index (χ4v) is 3.46. The zero-order valence-corrected chi connectivity index (χ0v) is 8.86. The largest absolute Gasteiger partial charge is 0.396 e. The Hall–Kier alpha value is -0.0800. The van der Waals surface area contributed by atoms with Crippen LogP contribution < -0.4 is 0 Å². The average Bonchev–Trinajstić information content (AvgIpc) is 2.76. The van der Waals surface area contributed by atoms with Crippen molar-refractivity contribution in [1.82, 2.24) is 0 Å². The molecule has 2 fully saturated rings. The highest BCUT2D eigenvalue weighted by Crippen LogP contribution is 2.49. The van der Waals surface area contributed by atoms with Gasteiger partial charge in [0.1, 0.15) is 0 Å². The fourth-order valence-electron chi connectivity index (χ4n) is 3.46. The highest BCUT2D eigenvalue weighted by molar-refractivity contribution is 4.90. The van der Waals surface area contributed by atoms with Gasteiger partial charge >= 0.3 is 0 Å². The third-order valence-electron chi connectivity index (χ3n) is 4.15. The predicted octanol–water partition coefficient (Wildman–Crippen LogP) is 1.95. The second-order valence-corrected chi connectivity index (χ2v) is 5.19. The van der Waals surface area contributed by atoms with E-state index < -0.39 is 0 Å². The van der Waals surface area contributed by atoms with Crippen molar-refractivity contribution < 1.29 is 10.2 Å². The normalized spacial score (nSPS) is 37.7. The second-order valence-electron chi connectivity index (χ2n) is 5.19. The first-order valence-corrected chi connectivity index (χ1v) is 6.08. The Morgan fingerprint density at radius 1 is 1.21 bits per heavy atom. The van der Waals surface area contributed by atoms with Gasteiger partial charge in [-0.1, -0.05) is 6.42 Å². The Balaban J connectivity index is 1.70. The first-order chi connectivity index (χ1) is 6.79. The second kappa shape index (κ2) is 4.63. The van der Waals surface area contributed by atoms with Crippen LogP contribution in [0.1, 0.15) is 44.9 Å². The lowest BCUT2D eigenvalue weighted by atomic mass is 9.84. The minimum absolute atomic E-state index is 0.161. The Labute approximate surface area is 86.3 Å². The van der Waals surface area contributed by atoms with Crippen LogP contribution >= 0.6 is 0 Å². The molecule has 0 spiro atoms. The zero-order chi connectivity index (χ0) is 9.97. The molecule has 0 aromatic heterocycles. The molecule has 2 saturated carbocycles. The molecule has 0 aromatic rings. The molecule has 2 N–H and O–H groups in total. The Morgan fingerprint density at radius 3 is 2.64 bits per heavy atom. The van der Waals surface area contributed by atoms with Gasteiger partial charge < -0.3 is 10.2 Å². The van der Waals surface area contributed by atoms with E-state index in [1.807, 2.05) is 0 Å². The molecule has 0 heterocycles. The van der Waals surface area contributed by atoms with E-state index >= 15 is 0 Å². The Kier molecular flexibility index (Phi) is 3.45. The predicted molar refractivity (Wildman–Crippen MR) is 55.9 cm³/mol. The summed E-state index contributed by atoms with van der Waals surface area (Å²) in [6, 6.07) is 0. The van der Waals surface area contributed by atoms with E-state index in [-0.39, 0.29) is 12.7 Å². The minimum Gasteiger partial charge on any atom is -0.396 e. The number of fused-ring (bicyclic) bond motifs is 2. The van der Waals surface area contributed by atoms with Crippen LogP contribution in [0.4, 0.5) is 0 Å². The van der Waals surface area contributed by atoms with Gasteiger partial charge in [0.2, 0.25) is 0 Å². The van der Waals surface area contributed by atoms with Crippen LogP contribution in [0, 0.1) is 17.8 Å². The van der Waals surface area contributed by atoms with Gasteiger partial charge in [0.05, 0.1) is 6.10 Å². The number of aliphatic hydroxyl groups excluding tert-OH is 2. The van der Waals surface area contributed by atoms with E-state index in [1.54, 1.807) is 0 Å². The highest BCUT2D eigenvalue weighted by Gasteiger charge is 2.39. The van der Waals surface area contributed by atoms with Crippen LogP contribution in [0.25, 0.3) is 0 Å². The molecule has 0 amide bonds. The quantitative estimate of drug-likeness (QED) is 0.709. The van der Waals surface area contributed by atoms with E-state index in [0.29, 0.717) is 0 Å². The molecule has 14 heavy (non-hydrogen) atoms. The van der Waals surface area contributed by atoms with E-state index in [4.69, 9.17) is 5.11 Å². The summed E-state index contributed by atoms with van der Waals surface area (Å²) in [4.78, 5) is 0. The van der Waals surface area contributed by atoms with E-state index in [2.05, 4.69) is 0 Å². The lowest BCUT2D eigenvalue weighted by molar-refractivity contribution is 0.108. The van der Waals surface area contributed by atoms with Crippen molar-refractivity contribution in [3.63, 3.8) is 0 Å². The molecule has 82 valence electrons. The minimum atomic E-state index is -0.161. The summed E-state index contributed by atoms with van der Waals surface area (Å²) >= 11 is 0. The number of hydrogen-bond donors (Lipinski definition) is 2. The van der Waals surface area contributed by atoms with E-state index in [0.717, 1.165) is 37.0 Å². The molecule has 2 heteroatoms. The molecule has 2 nitrogen and oxygen atoms in total. The summed E-state index contributed by atoms with van der Waals surface area (Å²) < 4.78 is 0. The molecular weight excluding hydrogens is 176 g/mol. The number of aliphatic hydroxyl groups is 2. The summed E-state index contributed by atoms with van der Waals surface area (Å²) in [5.41, 5.74) is 0. The standard InChI is InChI=1S/C12H22O2/c13-5-1-2-12(14)8-11-7-9-3-4-10(11)6-9/h9-14H,1-8H2. The Bertz CT molecular complexity index is 181.